The molecule has 2 rings (SSSR count). The molecule has 0 bridgehead atoms. The molecule has 3 atom stereocenters. The van der Waals surface area contributed by atoms with E-state index in [4.69, 9.17) is 30.5 Å². The Kier molecular flexibility index (Phi) is 6.62. The summed E-state index contributed by atoms with van der Waals surface area (Å²) in [5, 5.41) is -0.0210. The van der Waals surface area contributed by atoms with Crippen LogP contribution in [0.25, 0.3) is 0 Å². The number of hydrogen-bond acceptors (Lipinski definition) is 4. The lowest BCUT2D eigenvalue weighted by molar-refractivity contribution is -0.0900. The van der Waals surface area contributed by atoms with E-state index in [0.29, 0.717) is 13.2 Å². The lowest BCUT2D eigenvalue weighted by Crippen LogP contribution is -2.53. The van der Waals surface area contributed by atoms with E-state index in [1.807, 2.05) is 12.1 Å². The average molecular weight is 445 g/mol. The molecule has 3 unspecified atom stereocenters. The molecular weight excluding hydrogens is 427 g/mol. The second-order valence-electron chi connectivity index (χ2n) is 4.65. The van der Waals surface area contributed by atoms with Crippen molar-refractivity contribution in [2.24, 2.45) is 0 Å². The Morgan fingerprint density at radius 2 is 1.81 bits per heavy atom. The van der Waals surface area contributed by atoms with E-state index in [0.717, 1.165) is 26.9 Å². The van der Waals surface area contributed by atoms with Crippen molar-refractivity contribution in [1.29, 1.82) is 0 Å². The molecule has 21 heavy (non-hydrogen) atoms. The largest absolute Gasteiger partial charge is 0.496 e. The zero-order valence-electron chi connectivity index (χ0n) is 11.8. The number of rotatable bonds is 7. The zero-order valence-corrected chi connectivity index (χ0v) is 15.7. The van der Waals surface area contributed by atoms with E-state index in [2.05, 4.69) is 31.9 Å². The fourth-order valence-electron chi connectivity index (χ4n) is 2.04. The molecule has 1 saturated carbocycles. The molecule has 1 aliphatic carbocycles. The van der Waals surface area contributed by atoms with Crippen molar-refractivity contribution >= 4 is 43.5 Å². The first-order valence-corrected chi connectivity index (χ1v) is 8.53. The fourth-order valence-corrected chi connectivity index (χ4v) is 3.35. The predicted octanol–water partition coefficient (Wildman–Crippen LogP) is 4.01. The zero-order chi connectivity index (χ0) is 15.4. The molecule has 1 aromatic rings. The standard InChI is InChI=1S/C14H17Br2ClO4/c1-18-3-4-20-14-10(17)7-13(14)21-12-6-8(15)11(19-2)5-9(12)16/h5-6,10,13-14H,3-4,7H2,1-2H3. The van der Waals surface area contributed by atoms with Gasteiger partial charge < -0.3 is 18.9 Å². The second-order valence-corrected chi connectivity index (χ2v) is 6.92. The summed E-state index contributed by atoms with van der Waals surface area (Å²) in [5.74, 6) is 1.47. The minimum atomic E-state index is -0.116. The monoisotopic (exact) mass is 442 g/mol. The quantitative estimate of drug-likeness (QED) is 0.470. The van der Waals surface area contributed by atoms with Gasteiger partial charge in [-0.1, -0.05) is 0 Å². The Balaban J connectivity index is 1.99. The van der Waals surface area contributed by atoms with Crippen LogP contribution in [-0.2, 0) is 9.47 Å². The SMILES string of the molecule is COCCOC1C(Cl)CC1Oc1cc(Br)c(OC)cc1Br. The molecule has 0 aromatic heterocycles. The maximum absolute atomic E-state index is 6.19. The molecule has 0 heterocycles. The minimum Gasteiger partial charge on any atom is -0.496 e. The molecule has 118 valence electrons. The third kappa shape index (κ3) is 4.26. The van der Waals surface area contributed by atoms with Gasteiger partial charge in [0, 0.05) is 13.5 Å². The van der Waals surface area contributed by atoms with Crippen LogP contribution in [0.5, 0.6) is 11.5 Å². The van der Waals surface area contributed by atoms with Crippen molar-refractivity contribution in [1.82, 2.24) is 0 Å². The van der Waals surface area contributed by atoms with Crippen LogP contribution in [0.3, 0.4) is 0 Å². The third-order valence-corrected chi connectivity index (χ3v) is 4.93. The highest BCUT2D eigenvalue weighted by molar-refractivity contribution is 9.11. The predicted molar refractivity (Wildman–Crippen MR) is 88.7 cm³/mol. The summed E-state index contributed by atoms with van der Waals surface area (Å²) in [5.41, 5.74) is 0. The highest BCUT2D eigenvalue weighted by Gasteiger charge is 2.43. The van der Waals surface area contributed by atoms with Crippen LogP contribution < -0.4 is 9.47 Å². The lowest BCUT2D eigenvalue weighted by atomic mass is 9.91. The van der Waals surface area contributed by atoms with Crippen molar-refractivity contribution in [2.45, 2.75) is 24.0 Å². The number of benzene rings is 1. The number of hydrogen-bond donors (Lipinski definition) is 0. The molecule has 0 radical (unpaired) electrons. The van der Waals surface area contributed by atoms with Crippen molar-refractivity contribution in [3.05, 3.63) is 21.1 Å². The van der Waals surface area contributed by atoms with Gasteiger partial charge in [0.25, 0.3) is 0 Å². The van der Waals surface area contributed by atoms with Crippen molar-refractivity contribution in [3.63, 3.8) is 0 Å². The average Bonchev–Trinajstić information content (AvgIpc) is 2.46. The minimum absolute atomic E-state index is 0.0210. The molecule has 0 N–H and O–H groups in total. The summed E-state index contributed by atoms with van der Waals surface area (Å²) in [4.78, 5) is 0. The van der Waals surface area contributed by atoms with Gasteiger partial charge in [-0.3, -0.25) is 0 Å². The van der Waals surface area contributed by atoms with Crippen molar-refractivity contribution < 1.29 is 18.9 Å². The van der Waals surface area contributed by atoms with E-state index in [-0.39, 0.29) is 17.6 Å². The summed E-state index contributed by atoms with van der Waals surface area (Å²) in [6.45, 7) is 1.06. The van der Waals surface area contributed by atoms with Gasteiger partial charge in [0.1, 0.15) is 23.7 Å². The van der Waals surface area contributed by atoms with Crippen molar-refractivity contribution in [3.8, 4) is 11.5 Å². The summed E-state index contributed by atoms with van der Waals surface area (Å²) in [6, 6.07) is 3.73. The van der Waals surface area contributed by atoms with Crippen LogP contribution in [0.4, 0.5) is 0 Å². The van der Waals surface area contributed by atoms with Crippen LogP contribution in [0, 0.1) is 0 Å². The first-order valence-electron chi connectivity index (χ1n) is 6.51. The Morgan fingerprint density at radius 1 is 1.14 bits per heavy atom. The van der Waals surface area contributed by atoms with Crippen LogP contribution in [0.15, 0.2) is 21.1 Å². The molecule has 0 aliphatic heterocycles. The maximum atomic E-state index is 6.19. The molecule has 1 aliphatic rings. The van der Waals surface area contributed by atoms with Crippen molar-refractivity contribution in [2.75, 3.05) is 27.4 Å². The Hall–Kier alpha value is -0.0100. The van der Waals surface area contributed by atoms with Crippen LogP contribution in [0.1, 0.15) is 6.42 Å². The third-order valence-electron chi connectivity index (χ3n) is 3.26. The molecule has 0 amide bonds. The first-order chi connectivity index (χ1) is 10.1. The van der Waals surface area contributed by atoms with Gasteiger partial charge in [-0.15, -0.1) is 11.6 Å². The molecule has 1 fully saturated rings. The van der Waals surface area contributed by atoms with Gasteiger partial charge in [-0.25, -0.2) is 0 Å². The van der Waals surface area contributed by atoms with Gasteiger partial charge in [-0.05, 0) is 44.0 Å². The second kappa shape index (κ2) is 8.02. The molecule has 1 aromatic carbocycles. The van der Waals surface area contributed by atoms with Gasteiger partial charge in [-0.2, -0.15) is 0 Å². The summed E-state index contributed by atoms with van der Waals surface area (Å²) in [7, 11) is 3.26. The number of ether oxygens (including phenoxy) is 4. The van der Waals surface area contributed by atoms with E-state index >= 15 is 0 Å². The van der Waals surface area contributed by atoms with Crippen LogP contribution in [-0.4, -0.2) is 45.0 Å². The van der Waals surface area contributed by atoms with Crippen LogP contribution >= 0.6 is 43.5 Å². The molecule has 7 heteroatoms. The maximum Gasteiger partial charge on any atom is 0.135 e. The van der Waals surface area contributed by atoms with Gasteiger partial charge >= 0.3 is 0 Å². The Morgan fingerprint density at radius 3 is 2.43 bits per heavy atom. The molecular formula is C14H17Br2ClO4. The number of alkyl halides is 1. The van der Waals surface area contributed by atoms with E-state index < -0.39 is 0 Å². The summed E-state index contributed by atoms with van der Waals surface area (Å²) < 4.78 is 23.6. The van der Waals surface area contributed by atoms with Gasteiger partial charge in [0.15, 0.2) is 0 Å². The van der Waals surface area contributed by atoms with E-state index in [1.54, 1.807) is 14.2 Å². The number of methoxy groups -OCH3 is 2. The van der Waals surface area contributed by atoms with E-state index in [9.17, 15) is 0 Å². The normalized spacial score (nSPS) is 24.5. The lowest BCUT2D eigenvalue weighted by Gasteiger charge is -2.40. The fraction of sp³-hybridized carbons (Fsp3) is 0.571. The smallest absolute Gasteiger partial charge is 0.135 e. The Bertz CT molecular complexity index is 486. The highest BCUT2D eigenvalue weighted by atomic mass is 79.9. The van der Waals surface area contributed by atoms with Crippen LogP contribution in [0.2, 0.25) is 0 Å². The molecule has 4 nitrogen and oxygen atoms in total. The first kappa shape index (κ1) is 17.3. The molecule has 0 spiro atoms. The highest BCUT2D eigenvalue weighted by Crippen LogP contribution is 2.39. The topological polar surface area (TPSA) is 36.9 Å². The van der Waals surface area contributed by atoms with Gasteiger partial charge in [0.2, 0.25) is 0 Å². The Labute approximate surface area is 146 Å². The van der Waals surface area contributed by atoms with Gasteiger partial charge in [0.05, 0.1) is 34.6 Å². The molecule has 0 saturated heterocycles. The number of halogens is 3. The van der Waals surface area contributed by atoms with E-state index in [1.165, 1.54) is 0 Å². The summed E-state index contributed by atoms with van der Waals surface area (Å²) in [6.07, 6.45) is 0.588. The summed E-state index contributed by atoms with van der Waals surface area (Å²) >= 11 is 13.1.